The Hall–Kier alpha value is 0.127. The predicted octanol–water partition coefficient (Wildman–Crippen LogP) is 1.41. The molecule has 0 aromatic rings. The van der Waals surface area contributed by atoms with Crippen LogP contribution in [0.2, 0.25) is 19.6 Å². The normalized spacial score (nSPS) is 34.5. The van der Waals surface area contributed by atoms with E-state index < -0.39 is 17.9 Å². The number of ether oxygens (including phenoxy) is 1. The predicted molar refractivity (Wildman–Crippen MR) is 56.1 cm³/mol. The fourth-order valence-electron chi connectivity index (χ4n) is 1.70. The van der Waals surface area contributed by atoms with Crippen molar-refractivity contribution < 1.29 is 13.2 Å². The molecule has 0 unspecified atom stereocenters. The minimum Gasteiger partial charge on any atom is -0.363 e. The lowest BCUT2D eigenvalue weighted by molar-refractivity contribution is 0.0852. The summed E-state index contributed by atoms with van der Waals surface area (Å²) in [7, 11) is -4.58. The molecule has 78 valence electrons. The van der Waals surface area contributed by atoms with Crippen LogP contribution >= 0.6 is 0 Å². The van der Waals surface area contributed by atoms with E-state index >= 15 is 0 Å². The van der Waals surface area contributed by atoms with Gasteiger partial charge in [-0.1, -0.05) is 19.6 Å². The topological polar surface area (TPSA) is 43.4 Å². The molecule has 0 N–H and O–H groups in total. The van der Waals surface area contributed by atoms with Crippen molar-refractivity contribution in [3.05, 3.63) is 0 Å². The Labute approximate surface area is 81.4 Å². The van der Waals surface area contributed by atoms with Gasteiger partial charge in [0.05, 0.1) is 19.1 Å². The van der Waals surface area contributed by atoms with Crippen LogP contribution in [0, 0.1) is 0 Å². The summed E-state index contributed by atoms with van der Waals surface area (Å²) in [5, 5.41) is 0. The third kappa shape index (κ3) is 2.54. The van der Waals surface area contributed by atoms with Gasteiger partial charge in [0.25, 0.3) is 0 Å². The monoisotopic (exact) mass is 222 g/mol. The molecule has 0 aromatic heterocycles. The Morgan fingerprint density at radius 3 is 2.23 bits per heavy atom. The molecule has 1 aliphatic rings. The highest BCUT2D eigenvalue weighted by Gasteiger charge is 2.41. The van der Waals surface area contributed by atoms with Crippen molar-refractivity contribution in [1.82, 2.24) is 0 Å². The van der Waals surface area contributed by atoms with Crippen molar-refractivity contribution in [2.45, 2.75) is 44.0 Å². The minimum atomic E-state index is -2.97. The summed E-state index contributed by atoms with van der Waals surface area (Å²) >= 11 is 0. The maximum Gasteiger partial charge on any atom is 0.174 e. The molecule has 1 fully saturated rings. The average Bonchev–Trinajstić information content (AvgIpc) is 1.92. The quantitative estimate of drug-likeness (QED) is 0.630. The highest BCUT2D eigenvalue weighted by molar-refractivity contribution is 7.93. The Morgan fingerprint density at radius 1 is 1.31 bits per heavy atom. The molecule has 0 radical (unpaired) electrons. The van der Waals surface area contributed by atoms with Gasteiger partial charge in [-0.2, -0.15) is 0 Å². The standard InChI is InChI=1S/C8H18O3SSi/c1-7-5-8(13(2,3)4)12(9,10)6-11-7/h7-8H,5-6H2,1-4H3/t7-,8+/m0/s1. The van der Waals surface area contributed by atoms with Crippen molar-refractivity contribution >= 4 is 17.9 Å². The van der Waals surface area contributed by atoms with Crippen LogP contribution < -0.4 is 0 Å². The Bertz CT molecular complexity index is 278. The fraction of sp³-hybridized carbons (Fsp3) is 1.00. The molecule has 2 atom stereocenters. The minimum absolute atomic E-state index is 0.0803. The largest absolute Gasteiger partial charge is 0.363 e. The highest BCUT2D eigenvalue weighted by Crippen LogP contribution is 2.26. The van der Waals surface area contributed by atoms with Crippen molar-refractivity contribution in [3.63, 3.8) is 0 Å². The van der Waals surface area contributed by atoms with Crippen LogP contribution in [0.1, 0.15) is 13.3 Å². The second kappa shape index (κ2) is 3.36. The Morgan fingerprint density at radius 2 is 1.85 bits per heavy atom. The Balaban J connectivity index is 2.92. The van der Waals surface area contributed by atoms with E-state index in [0.29, 0.717) is 6.42 Å². The summed E-state index contributed by atoms with van der Waals surface area (Å²) in [6.45, 7) is 8.26. The molecule has 1 rings (SSSR count). The van der Waals surface area contributed by atoms with Gasteiger partial charge in [0.2, 0.25) is 0 Å². The van der Waals surface area contributed by atoms with Crippen molar-refractivity contribution in [1.29, 1.82) is 0 Å². The first-order valence-corrected chi connectivity index (χ1v) is 9.86. The highest BCUT2D eigenvalue weighted by atomic mass is 32.2. The summed E-state index contributed by atoms with van der Waals surface area (Å²) in [6, 6.07) is 0. The second-order valence-electron chi connectivity index (χ2n) is 4.85. The van der Waals surface area contributed by atoms with Gasteiger partial charge in [0.1, 0.15) is 5.94 Å². The van der Waals surface area contributed by atoms with Gasteiger partial charge in [-0.3, -0.25) is 0 Å². The molecule has 1 aliphatic heterocycles. The second-order valence-corrected chi connectivity index (χ2v) is 12.8. The summed E-state index contributed by atoms with van der Waals surface area (Å²) in [5.41, 5.74) is 0. The first kappa shape index (κ1) is 11.2. The van der Waals surface area contributed by atoms with E-state index in [0.717, 1.165) is 0 Å². The number of hydrogen-bond donors (Lipinski definition) is 0. The molecule has 0 amide bonds. The van der Waals surface area contributed by atoms with Crippen LogP contribution in [0.5, 0.6) is 0 Å². The number of rotatable bonds is 1. The van der Waals surface area contributed by atoms with Gasteiger partial charge in [-0.15, -0.1) is 0 Å². The first-order valence-electron chi connectivity index (χ1n) is 4.56. The lowest BCUT2D eigenvalue weighted by Crippen LogP contribution is -2.50. The van der Waals surface area contributed by atoms with Gasteiger partial charge in [-0.25, -0.2) is 8.42 Å². The zero-order valence-electron chi connectivity index (χ0n) is 8.70. The number of sulfone groups is 1. The molecule has 1 saturated heterocycles. The van der Waals surface area contributed by atoms with Crippen molar-refractivity contribution in [2.24, 2.45) is 0 Å². The van der Waals surface area contributed by atoms with E-state index in [1.165, 1.54) is 0 Å². The van der Waals surface area contributed by atoms with Crippen LogP contribution in [0.25, 0.3) is 0 Å². The van der Waals surface area contributed by atoms with E-state index in [1.807, 2.05) is 6.92 Å². The molecule has 13 heavy (non-hydrogen) atoms. The lowest BCUT2D eigenvalue weighted by Gasteiger charge is -2.34. The summed E-state index contributed by atoms with van der Waals surface area (Å²) in [4.78, 5) is -0.122. The summed E-state index contributed by atoms with van der Waals surface area (Å²) in [5.74, 6) is -0.0803. The van der Waals surface area contributed by atoms with Gasteiger partial charge in [0, 0.05) is 0 Å². The third-order valence-electron chi connectivity index (χ3n) is 2.46. The zero-order chi connectivity index (χ0) is 10.3. The van der Waals surface area contributed by atoms with Crippen molar-refractivity contribution in [3.8, 4) is 0 Å². The van der Waals surface area contributed by atoms with E-state index in [1.54, 1.807) is 0 Å². The fourth-order valence-corrected chi connectivity index (χ4v) is 8.40. The molecule has 0 saturated carbocycles. The molecular formula is C8H18O3SSi. The number of hydrogen-bond acceptors (Lipinski definition) is 3. The van der Waals surface area contributed by atoms with Crippen LogP contribution in [0.3, 0.4) is 0 Å². The lowest BCUT2D eigenvalue weighted by atomic mass is 10.3. The van der Waals surface area contributed by atoms with Gasteiger partial charge >= 0.3 is 0 Å². The maximum atomic E-state index is 11.7. The Kier molecular flexibility index (Phi) is 2.90. The van der Waals surface area contributed by atoms with Gasteiger partial charge < -0.3 is 4.74 Å². The van der Waals surface area contributed by atoms with Crippen molar-refractivity contribution in [2.75, 3.05) is 5.94 Å². The van der Waals surface area contributed by atoms with Crippen LogP contribution in [0.4, 0.5) is 0 Å². The molecule has 3 nitrogen and oxygen atoms in total. The van der Waals surface area contributed by atoms with Gasteiger partial charge in [-0.05, 0) is 13.3 Å². The molecule has 0 spiro atoms. The third-order valence-corrected chi connectivity index (χ3v) is 9.35. The maximum absolute atomic E-state index is 11.7. The summed E-state index contributed by atoms with van der Waals surface area (Å²) in [6.07, 6.45) is 0.776. The van der Waals surface area contributed by atoms with Crippen LogP contribution in [-0.2, 0) is 14.6 Å². The zero-order valence-corrected chi connectivity index (χ0v) is 10.5. The van der Waals surface area contributed by atoms with E-state index in [4.69, 9.17) is 4.74 Å². The van der Waals surface area contributed by atoms with E-state index in [2.05, 4.69) is 19.6 Å². The molecular weight excluding hydrogens is 204 g/mol. The molecule has 0 bridgehead atoms. The van der Waals surface area contributed by atoms with Gasteiger partial charge in [0.15, 0.2) is 9.84 Å². The molecule has 0 aliphatic carbocycles. The molecule has 1 heterocycles. The molecule has 0 aromatic carbocycles. The van der Waals surface area contributed by atoms with Crippen LogP contribution in [-0.4, -0.2) is 33.4 Å². The molecule has 5 heteroatoms. The average molecular weight is 222 g/mol. The van der Waals surface area contributed by atoms with E-state index in [-0.39, 0.29) is 16.9 Å². The van der Waals surface area contributed by atoms with Crippen LogP contribution in [0.15, 0.2) is 0 Å². The smallest absolute Gasteiger partial charge is 0.174 e. The SMILES string of the molecule is C[C@H]1C[C@@H]([Si](C)(C)C)S(=O)(=O)CO1. The first-order chi connectivity index (χ1) is 5.73. The van der Waals surface area contributed by atoms with E-state index in [9.17, 15) is 8.42 Å². The summed E-state index contributed by atoms with van der Waals surface area (Å²) < 4.78 is 28.5.